The maximum absolute atomic E-state index is 12.2. The fourth-order valence-corrected chi connectivity index (χ4v) is 1.81. The van der Waals surface area contributed by atoms with E-state index in [4.69, 9.17) is 14.7 Å². The molecular weight excluding hydrogens is 232 g/mol. The van der Waals surface area contributed by atoms with Gasteiger partial charge in [0.15, 0.2) is 0 Å². The van der Waals surface area contributed by atoms with Crippen molar-refractivity contribution in [2.45, 2.75) is 59.4 Å². The zero-order valence-electron chi connectivity index (χ0n) is 12.0. The van der Waals surface area contributed by atoms with Crippen LogP contribution in [0.2, 0.25) is 0 Å². The molecule has 0 aromatic heterocycles. The highest BCUT2D eigenvalue weighted by Crippen LogP contribution is 2.32. The molecule has 18 heavy (non-hydrogen) atoms. The largest absolute Gasteiger partial charge is 0.444 e. The second-order valence-electron chi connectivity index (χ2n) is 6.58. The predicted molar refractivity (Wildman–Crippen MR) is 66.7 cm³/mol. The third-order valence-corrected chi connectivity index (χ3v) is 2.49. The summed E-state index contributed by atoms with van der Waals surface area (Å²) in [6, 6.07) is 1.50. The van der Waals surface area contributed by atoms with Crippen molar-refractivity contribution in [3.63, 3.8) is 0 Å². The van der Waals surface area contributed by atoms with Crippen molar-refractivity contribution in [1.29, 1.82) is 5.26 Å². The molecule has 0 N–H and O–H groups in total. The van der Waals surface area contributed by atoms with Crippen LogP contribution in [0.1, 0.15) is 41.5 Å². The van der Waals surface area contributed by atoms with Crippen LogP contribution >= 0.6 is 0 Å². The van der Waals surface area contributed by atoms with Gasteiger partial charge in [0.25, 0.3) is 0 Å². The van der Waals surface area contributed by atoms with E-state index in [0.29, 0.717) is 0 Å². The molecule has 1 rings (SSSR count). The van der Waals surface area contributed by atoms with Gasteiger partial charge in [-0.1, -0.05) is 20.8 Å². The van der Waals surface area contributed by atoms with Gasteiger partial charge >= 0.3 is 6.09 Å². The topological polar surface area (TPSA) is 62.6 Å². The standard InChI is InChI=1S/C13H22N2O3/c1-12(2,3)10-15(9(7-14)8-17-10)11(16)18-13(4,5)6/h9-10H,8H2,1-6H3/t9-,10-/m1/s1. The van der Waals surface area contributed by atoms with Crippen molar-refractivity contribution < 1.29 is 14.3 Å². The Kier molecular flexibility index (Phi) is 3.92. The van der Waals surface area contributed by atoms with Crippen molar-refractivity contribution in [2.75, 3.05) is 6.61 Å². The molecule has 0 aromatic rings. The van der Waals surface area contributed by atoms with Crippen LogP contribution in [0.4, 0.5) is 4.79 Å². The van der Waals surface area contributed by atoms with Gasteiger partial charge in [0, 0.05) is 5.41 Å². The van der Waals surface area contributed by atoms with Crippen LogP contribution in [0.5, 0.6) is 0 Å². The fourth-order valence-electron chi connectivity index (χ4n) is 1.81. The molecule has 1 aliphatic rings. The molecule has 102 valence electrons. The number of rotatable bonds is 0. The third kappa shape index (κ3) is 3.36. The molecule has 0 spiro atoms. The van der Waals surface area contributed by atoms with E-state index in [1.807, 2.05) is 20.8 Å². The minimum atomic E-state index is -0.581. The molecule has 1 amide bonds. The van der Waals surface area contributed by atoms with Crippen LogP contribution in [-0.2, 0) is 9.47 Å². The van der Waals surface area contributed by atoms with Crippen LogP contribution in [-0.4, -0.2) is 35.5 Å². The van der Waals surface area contributed by atoms with Gasteiger partial charge in [-0.3, -0.25) is 4.90 Å². The van der Waals surface area contributed by atoms with Crippen LogP contribution in [0.15, 0.2) is 0 Å². The molecule has 0 aromatic carbocycles. The molecular formula is C13H22N2O3. The second kappa shape index (κ2) is 4.77. The van der Waals surface area contributed by atoms with Gasteiger partial charge in [0.2, 0.25) is 0 Å². The highest BCUT2D eigenvalue weighted by Gasteiger charge is 2.45. The molecule has 0 bridgehead atoms. The van der Waals surface area contributed by atoms with Gasteiger partial charge in [0.1, 0.15) is 17.9 Å². The van der Waals surface area contributed by atoms with Gasteiger partial charge in [-0.2, -0.15) is 5.26 Å². The quantitative estimate of drug-likeness (QED) is 0.666. The summed E-state index contributed by atoms with van der Waals surface area (Å²) < 4.78 is 10.9. The van der Waals surface area contributed by atoms with Crippen molar-refractivity contribution >= 4 is 6.09 Å². The minimum Gasteiger partial charge on any atom is -0.444 e. The van der Waals surface area contributed by atoms with Crippen LogP contribution < -0.4 is 0 Å². The lowest BCUT2D eigenvalue weighted by Gasteiger charge is -2.35. The molecule has 5 heteroatoms. The SMILES string of the molecule is CC(C)(C)OC(=O)N1[C@H](C#N)CO[C@@H]1C(C)(C)C. The van der Waals surface area contributed by atoms with E-state index in [9.17, 15) is 4.79 Å². The summed E-state index contributed by atoms with van der Waals surface area (Å²) >= 11 is 0. The lowest BCUT2D eigenvalue weighted by Crippen LogP contribution is -2.49. The first kappa shape index (κ1) is 14.8. The summed E-state index contributed by atoms with van der Waals surface area (Å²) in [4.78, 5) is 13.6. The number of hydrogen-bond acceptors (Lipinski definition) is 4. The average Bonchev–Trinajstić information content (AvgIpc) is 2.56. The van der Waals surface area contributed by atoms with Gasteiger partial charge < -0.3 is 9.47 Å². The number of nitriles is 1. The van der Waals surface area contributed by atoms with E-state index in [1.54, 1.807) is 20.8 Å². The molecule has 0 aliphatic carbocycles. The molecule has 0 saturated carbocycles. The number of hydrogen-bond donors (Lipinski definition) is 0. The van der Waals surface area contributed by atoms with E-state index in [2.05, 4.69) is 6.07 Å². The zero-order chi connectivity index (χ0) is 14.1. The Bertz CT molecular complexity index is 360. The smallest absolute Gasteiger partial charge is 0.413 e. The zero-order valence-corrected chi connectivity index (χ0v) is 12.0. The summed E-state index contributed by atoms with van der Waals surface area (Å²) in [7, 11) is 0. The fraction of sp³-hybridized carbons (Fsp3) is 0.846. The maximum atomic E-state index is 12.2. The van der Waals surface area contributed by atoms with Crippen LogP contribution in [0.25, 0.3) is 0 Å². The van der Waals surface area contributed by atoms with Crippen molar-refractivity contribution in [3.8, 4) is 6.07 Å². The van der Waals surface area contributed by atoms with Gasteiger partial charge in [-0.25, -0.2) is 4.79 Å². The van der Waals surface area contributed by atoms with Gasteiger partial charge in [-0.05, 0) is 20.8 Å². The summed E-state index contributed by atoms with van der Waals surface area (Å²) in [6.45, 7) is 11.5. The molecule has 1 heterocycles. The number of nitrogens with zero attached hydrogens (tertiary/aromatic N) is 2. The molecule has 0 radical (unpaired) electrons. The van der Waals surface area contributed by atoms with E-state index in [-0.39, 0.29) is 12.0 Å². The van der Waals surface area contributed by atoms with Gasteiger partial charge in [0.05, 0.1) is 12.7 Å². The summed E-state index contributed by atoms with van der Waals surface area (Å²) in [5.74, 6) is 0. The number of amides is 1. The number of ether oxygens (including phenoxy) is 2. The molecule has 2 atom stereocenters. The Labute approximate surface area is 109 Å². The van der Waals surface area contributed by atoms with E-state index in [1.165, 1.54) is 4.90 Å². The monoisotopic (exact) mass is 254 g/mol. The second-order valence-corrected chi connectivity index (χ2v) is 6.58. The lowest BCUT2D eigenvalue weighted by molar-refractivity contribution is -0.0569. The first-order valence-electron chi connectivity index (χ1n) is 6.09. The van der Waals surface area contributed by atoms with E-state index in [0.717, 1.165) is 0 Å². The Morgan fingerprint density at radius 3 is 2.28 bits per heavy atom. The highest BCUT2D eigenvalue weighted by atomic mass is 16.6. The number of carbonyl (C=O) groups excluding carboxylic acids is 1. The van der Waals surface area contributed by atoms with E-state index < -0.39 is 24.0 Å². The molecule has 1 saturated heterocycles. The summed E-state index contributed by atoms with van der Waals surface area (Å²) in [5.41, 5.74) is -0.843. The molecule has 5 nitrogen and oxygen atoms in total. The Morgan fingerprint density at radius 2 is 1.89 bits per heavy atom. The van der Waals surface area contributed by atoms with Crippen LogP contribution in [0.3, 0.4) is 0 Å². The Morgan fingerprint density at radius 1 is 1.33 bits per heavy atom. The predicted octanol–water partition coefficient (Wildman–Crippen LogP) is 2.52. The average molecular weight is 254 g/mol. The third-order valence-electron chi connectivity index (χ3n) is 2.49. The van der Waals surface area contributed by atoms with Crippen molar-refractivity contribution in [2.24, 2.45) is 5.41 Å². The maximum Gasteiger partial charge on any atom is 0.413 e. The molecule has 1 fully saturated rings. The number of carbonyl (C=O) groups is 1. The summed E-state index contributed by atoms with van der Waals surface area (Å²) in [6.07, 6.45) is -0.927. The van der Waals surface area contributed by atoms with Gasteiger partial charge in [-0.15, -0.1) is 0 Å². The molecule has 0 unspecified atom stereocenters. The Hall–Kier alpha value is -1.28. The Balaban J connectivity index is 2.93. The highest BCUT2D eigenvalue weighted by molar-refractivity contribution is 5.69. The van der Waals surface area contributed by atoms with E-state index >= 15 is 0 Å². The summed E-state index contributed by atoms with van der Waals surface area (Å²) in [5, 5.41) is 9.09. The van der Waals surface area contributed by atoms with Crippen molar-refractivity contribution in [1.82, 2.24) is 4.90 Å². The molecule has 1 aliphatic heterocycles. The first-order chi connectivity index (χ1) is 8.06. The first-order valence-corrected chi connectivity index (χ1v) is 6.09. The normalized spacial score (nSPS) is 24.8. The lowest BCUT2D eigenvalue weighted by atomic mass is 9.93. The minimum absolute atomic E-state index is 0.234. The van der Waals surface area contributed by atoms with Crippen LogP contribution in [0, 0.1) is 16.7 Å². The van der Waals surface area contributed by atoms with Crippen molar-refractivity contribution in [3.05, 3.63) is 0 Å².